The van der Waals surface area contributed by atoms with Crippen molar-refractivity contribution in [3.63, 3.8) is 0 Å². The van der Waals surface area contributed by atoms with Crippen LogP contribution < -0.4 is 14.8 Å². The molecule has 0 fully saturated rings. The SMILES string of the molecule is COc1cc(CCNC(=O)OC(C)(C)C)c(C(=O)Cc2ccccc2C=O)cc1OC. The van der Waals surface area contributed by atoms with Crippen molar-refractivity contribution < 1.29 is 28.6 Å². The number of amides is 1. The molecule has 0 heterocycles. The fourth-order valence-corrected chi connectivity index (χ4v) is 3.08. The summed E-state index contributed by atoms with van der Waals surface area (Å²) in [5.41, 5.74) is 1.67. The Morgan fingerprint density at radius 3 is 2.26 bits per heavy atom. The number of rotatable bonds is 9. The van der Waals surface area contributed by atoms with Crippen molar-refractivity contribution in [2.24, 2.45) is 0 Å². The fraction of sp³-hybridized carbons (Fsp3) is 0.375. The number of carbonyl (C=O) groups is 3. The lowest BCUT2D eigenvalue weighted by molar-refractivity contribution is 0.0528. The van der Waals surface area contributed by atoms with Gasteiger partial charge in [0.25, 0.3) is 0 Å². The van der Waals surface area contributed by atoms with E-state index < -0.39 is 11.7 Å². The first-order valence-corrected chi connectivity index (χ1v) is 9.96. The van der Waals surface area contributed by atoms with Crippen LogP contribution in [0.15, 0.2) is 36.4 Å². The molecule has 1 N–H and O–H groups in total. The summed E-state index contributed by atoms with van der Waals surface area (Å²) >= 11 is 0. The Bertz CT molecular complexity index is 946. The number of hydrogen-bond acceptors (Lipinski definition) is 6. The molecule has 0 atom stereocenters. The number of carbonyl (C=O) groups excluding carboxylic acids is 3. The Labute approximate surface area is 182 Å². The van der Waals surface area contributed by atoms with Crippen molar-refractivity contribution in [1.29, 1.82) is 0 Å². The summed E-state index contributed by atoms with van der Waals surface area (Å²) in [6.45, 7) is 5.63. The van der Waals surface area contributed by atoms with E-state index in [-0.39, 0.29) is 18.7 Å². The molecule has 0 aromatic heterocycles. The maximum absolute atomic E-state index is 13.1. The molecule has 0 spiro atoms. The van der Waals surface area contributed by atoms with E-state index in [4.69, 9.17) is 14.2 Å². The molecule has 0 saturated carbocycles. The van der Waals surface area contributed by atoms with Crippen LogP contribution in [0.5, 0.6) is 11.5 Å². The van der Waals surface area contributed by atoms with E-state index in [1.54, 1.807) is 57.2 Å². The lowest BCUT2D eigenvalue weighted by Crippen LogP contribution is -2.33. The summed E-state index contributed by atoms with van der Waals surface area (Å²) in [5.74, 6) is 0.750. The Balaban J connectivity index is 2.26. The standard InChI is InChI=1S/C24H29NO6/c1-24(2,3)31-23(28)25-11-10-17-13-21(29-4)22(30-5)14-19(17)20(27)12-16-8-6-7-9-18(16)15-26/h6-9,13-15H,10-12H2,1-5H3,(H,25,28). The molecule has 166 valence electrons. The molecule has 7 nitrogen and oxygen atoms in total. The number of benzene rings is 2. The predicted molar refractivity (Wildman–Crippen MR) is 117 cm³/mol. The van der Waals surface area contributed by atoms with Crippen molar-refractivity contribution in [2.75, 3.05) is 20.8 Å². The number of nitrogens with one attached hydrogen (secondary N) is 1. The summed E-state index contributed by atoms with van der Waals surface area (Å²) in [4.78, 5) is 36.4. The monoisotopic (exact) mass is 427 g/mol. The summed E-state index contributed by atoms with van der Waals surface area (Å²) in [6.07, 6.45) is 0.663. The lowest BCUT2D eigenvalue weighted by Gasteiger charge is -2.20. The minimum atomic E-state index is -0.597. The van der Waals surface area contributed by atoms with E-state index in [1.165, 1.54) is 14.2 Å². The van der Waals surface area contributed by atoms with E-state index in [0.717, 1.165) is 6.29 Å². The fourth-order valence-electron chi connectivity index (χ4n) is 3.08. The Kier molecular flexibility index (Phi) is 8.19. The average molecular weight is 427 g/mol. The van der Waals surface area contributed by atoms with Gasteiger partial charge in [0.1, 0.15) is 11.9 Å². The molecule has 0 radical (unpaired) electrons. The topological polar surface area (TPSA) is 90.9 Å². The van der Waals surface area contributed by atoms with Gasteiger partial charge in [0.15, 0.2) is 17.3 Å². The third-order valence-corrected chi connectivity index (χ3v) is 4.51. The molecule has 2 aromatic carbocycles. The van der Waals surface area contributed by atoms with Crippen LogP contribution in [0.4, 0.5) is 4.79 Å². The smallest absolute Gasteiger partial charge is 0.407 e. The maximum atomic E-state index is 13.1. The minimum Gasteiger partial charge on any atom is -0.493 e. The van der Waals surface area contributed by atoms with Crippen LogP contribution in [-0.2, 0) is 17.6 Å². The molecular formula is C24H29NO6. The molecule has 0 bridgehead atoms. The van der Waals surface area contributed by atoms with Gasteiger partial charge in [-0.05, 0) is 50.5 Å². The molecule has 0 saturated heterocycles. The second-order valence-electron chi connectivity index (χ2n) is 7.96. The first-order chi connectivity index (χ1) is 14.7. The third kappa shape index (κ3) is 6.84. The quantitative estimate of drug-likeness (QED) is 0.480. The van der Waals surface area contributed by atoms with Gasteiger partial charge in [-0.25, -0.2) is 4.79 Å². The summed E-state index contributed by atoms with van der Waals surface area (Å²) in [5, 5.41) is 2.70. The molecule has 7 heteroatoms. The van der Waals surface area contributed by atoms with Gasteiger partial charge in [0.05, 0.1) is 14.2 Å². The highest BCUT2D eigenvalue weighted by Gasteiger charge is 2.19. The van der Waals surface area contributed by atoms with Crippen molar-refractivity contribution in [3.8, 4) is 11.5 Å². The van der Waals surface area contributed by atoms with Crippen LogP contribution in [0.3, 0.4) is 0 Å². The van der Waals surface area contributed by atoms with E-state index in [0.29, 0.717) is 40.2 Å². The van der Waals surface area contributed by atoms with E-state index in [1.807, 2.05) is 0 Å². The third-order valence-electron chi connectivity index (χ3n) is 4.51. The van der Waals surface area contributed by atoms with E-state index in [2.05, 4.69) is 5.32 Å². The van der Waals surface area contributed by atoms with Gasteiger partial charge in [0.2, 0.25) is 0 Å². The normalized spacial score (nSPS) is 10.9. The van der Waals surface area contributed by atoms with Gasteiger partial charge < -0.3 is 19.5 Å². The van der Waals surface area contributed by atoms with Crippen LogP contribution in [0, 0.1) is 0 Å². The van der Waals surface area contributed by atoms with Crippen molar-refractivity contribution in [2.45, 2.75) is 39.2 Å². The van der Waals surface area contributed by atoms with Crippen LogP contribution in [0.25, 0.3) is 0 Å². The molecule has 0 unspecified atom stereocenters. The summed E-state index contributed by atoms with van der Waals surface area (Å²) < 4.78 is 16.0. The Hall–Kier alpha value is -3.35. The number of alkyl carbamates (subject to hydrolysis) is 1. The maximum Gasteiger partial charge on any atom is 0.407 e. The van der Waals surface area contributed by atoms with Crippen LogP contribution in [0.1, 0.15) is 52.6 Å². The highest BCUT2D eigenvalue weighted by molar-refractivity contribution is 6.00. The number of hydrogen-bond donors (Lipinski definition) is 1. The number of Topliss-reactive ketones (excluding diaryl/α,β-unsaturated/α-hetero) is 1. The van der Waals surface area contributed by atoms with Crippen LogP contribution in [0.2, 0.25) is 0 Å². The highest BCUT2D eigenvalue weighted by Crippen LogP contribution is 2.31. The number of ether oxygens (including phenoxy) is 3. The second kappa shape index (κ2) is 10.6. The van der Waals surface area contributed by atoms with Gasteiger partial charge in [-0.2, -0.15) is 0 Å². The summed E-state index contributed by atoms with van der Waals surface area (Å²) in [7, 11) is 3.01. The molecule has 2 aromatic rings. The van der Waals surface area contributed by atoms with Crippen LogP contribution >= 0.6 is 0 Å². The lowest BCUT2D eigenvalue weighted by atomic mass is 9.94. The molecule has 2 rings (SSSR count). The van der Waals surface area contributed by atoms with E-state index in [9.17, 15) is 14.4 Å². The van der Waals surface area contributed by atoms with Crippen LogP contribution in [-0.4, -0.2) is 44.5 Å². The zero-order chi connectivity index (χ0) is 23.0. The van der Waals surface area contributed by atoms with Gasteiger partial charge in [0, 0.05) is 24.1 Å². The van der Waals surface area contributed by atoms with Gasteiger partial charge in [-0.15, -0.1) is 0 Å². The van der Waals surface area contributed by atoms with Crippen molar-refractivity contribution in [3.05, 3.63) is 58.7 Å². The number of aldehydes is 1. The zero-order valence-corrected chi connectivity index (χ0v) is 18.6. The Morgan fingerprint density at radius 1 is 1.00 bits per heavy atom. The average Bonchev–Trinajstić information content (AvgIpc) is 2.72. The first-order valence-electron chi connectivity index (χ1n) is 9.96. The van der Waals surface area contributed by atoms with Gasteiger partial charge >= 0.3 is 6.09 Å². The molecule has 1 amide bonds. The predicted octanol–water partition coefficient (Wildman–Crippen LogP) is 4.01. The highest BCUT2D eigenvalue weighted by atomic mass is 16.6. The van der Waals surface area contributed by atoms with Crippen molar-refractivity contribution >= 4 is 18.2 Å². The number of ketones is 1. The second-order valence-corrected chi connectivity index (χ2v) is 7.96. The van der Waals surface area contributed by atoms with E-state index >= 15 is 0 Å². The van der Waals surface area contributed by atoms with Gasteiger partial charge in [-0.1, -0.05) is 24.3 Å². The molecular weight excluding hydrogens is 398 g/mol. The summed E-state index contributed by atoms with van der Waals surface area (Å²) in [6, 6.07) is 10.3. The largest absolute Gasteiger partial charge is 0.493 e. The van der Waals surface area contributed by atoms with Gasteiger partial charge in [-0.3, -0.25) is 9.59 Å². The molecule has 0 aliphatic rings. The minimum absolute atomic E-state index is 0.0664. The molecule has 0 aliphatic heterocycles. The zero-order valence-electron chi connectivity index (χ0n) is 18.6. The first kappa shape index (κ1) is 23.9. The van der Waals surface area contributed by atoms with Crippen molar-refractivity contribution in [1.82, 2.24) is 5.32 Å². The molecule has 31 heavy (non-hydrogen) atoms. The Morgan fingerprint density at radius 2 is 1.65 bits per heavy atom. The molecule has 0 aliphatic carbocycles. The number of methoxy groups -OCH3 is 2.